The summed E-state index contributed by atoms with van der Waals surface area (Å²) in [6, 6.07) is 16.8. The quantitative estimate of drug-likeness (QED) is 0.197. The number of halogens is 2. The topological polar surface area (TPSA) is 154 Å². The van der Waals surface area contributed by atoms with Gasteiger partial charge >= 0.3 is 6.09 Å². The number of aromatic nitrogens is 3. The number of hydrogen-bond donors (Lipinski definition) is 3. The summed E-state index contributed by atoms with van der Waals surface area (Å²) >= 11 is 0. The molecule has 4 aliphatic heterocycles. The van der Waals surface area contributed by atoms with Crippen LogP contribution in [0.15, 0.2) is 77.9 Å². The predicted molar refractivity (Wildman–Crippen MR) is 216 cm³/mol. The van der Waals surface area contributed by atoms with Crippen LogP contribution in [-0.2, 0) is 14.3 Å². The number of rotatable bonds is 9. The maximum Gasteiger partial charge on any atom is 0.410 e. The second-order valence-corrected chi connectivity index (χ2v) is 16.6. The molecule has 1 atom stereocenters. The van der Waals surface area contributed by atoms with Gasteiger partial charge in [0, 0.05) is 92.4 Å². The first kappa shape index (κ1) is 38.6. The van der Waals surface area contributed by atoms with E-state index in [2.05, 4.69) is 35.7 Å². The number of nitrogens with zero attached hydrogens (tertiary/aromatic N) is 6. The van der Waals surface area contributed by atoms with Gasteiger partial charge in [0.1, 0.15) is 23.7 Å². The summed E-state index contributed by atoms with van der Waals surface area (Å²) < 4.78 is 37.6. The van der Waals surface area contributed by atoms with E-state index in [1.807, 2.05) is 4.90 Å². The number of likely N-dealkylation sites (tertiary alicyclic amines) is 2. The van der Waals surface area contributed by atoms with Gasteiger partial charge in [-0.1, -0.05) is 18.2 Å². The van der Waals surface area contributed by atoms with Crippen LogP contribution in [0.1, 0.15) is 51.4 Å². The van der Waals surface area contributed by atoms with E-state index in [0.29, 0.717) is 67.0 Å². The number of piperidine rings is 2. The Morgan fingerprint density at radius 1 is 0.847 bits per heavy atom. The van der Waals surface area contributed by atoms with E-state index in [0.717, 1.165) is 58.1 Å². The molecule has 9 rings (SSSR count). The Morgan fingerprint density at radius 2 is 1.64 bits per heavy atom. The van der Waals surface area contributed by atoms with Crippen LogP contribution in [0.25, 0.3) is 16.9 Å². The number of hydrogen-bond acceptors (Lipinski definition) is 11. The molecule has 3 N–H and O–H groups in total. The fourth-order valence-electron chi connectivity index (χ4n) is 9.33. The average Bonchev–Trinajstić information content (AvgIpc) is 3.20. The van der Waals surface area contributed by atoms with Crippen LogP contribution in [0.2, 0.25) is 0 Å². The highest BCUT2D eigenvalue weighted by atomic mass is 19.1. The molecule has 4 saturated heterocycles. The number of carbonyl (C=O) groups excluding carboxylic acids is 3. The Hall–Kier alpha value is -5.90. The van der Waals surface area contributed by atoms with E-state index < -0.39 is 11.9 Å². The van der Waals surface area contributed by atoms with Crippen molar-refractivity contribution in [3.63, 3.8) is 0 Å². The number of amides is 3. The number of anilines is 3. The van der Waals surface area contributed by atoms with Crippen molar-refractivity contribution in [1.82, 2.24) is 29.7 Å². The molecule has 1 unspecified atom stereocenters. The van der Waals surface area contributed by atoms with E-state index >= 15 is 4.39 Å². The Morgan fingerprint density at radius 3 is 2.39 bits per heavy atom. The standard InChI is InChI=1S/C43H47F2N9O5/c44-33-21-29(47-35-12-14-37(55)49-40(35)57)9-13-36(33)51-18-15-30(16-19-51)52-23-43(24-52)25-53(26-43)42(58)59-32-10-7-28(8-11-32)48-41-46-22-34(45)39(50-41)27-4-3-5-31(20-27)54-17-2-1-6-38(54)56/h1-6,9,13,17,20-22,28,30,32,35,47H,7-8,10-12,14-16,18-19,23-26H2,(H,46,48,50)(H,49,55,57). The molecule has 16 heteroatoms. The molecular weight excluding hydrogens is 761 g/mol. The van der Waals surface area contributed by atoms with Crippen molar-refractivity contribution < 1.29 is 27.9 Å². The van der Waals surface area contributed by atoms with Gasteiger partial charge < -0.3 is 25.2 Å². The maximum atomic E-state index is 15.2. The van der Waals surface area contributed by atoms with Gasteiger partial charge in [-0.25, -0.2) is 23.5 Å². The summed E-state index contributed by atoms with van der Waals surface area (Å²) in [5.74, 6) is -1.26. The number of pyridine rings is 1. The normalized spacial score (nSPS) is 23.3. The van der Waals surface area contributed by atoms with Gasteiger partial charge in [0.25, 0.3) is 5.56 Å². The van der Waals surface area contributed by atoms with E-state index in [1.54, 1.807) is 54.7 Å². The Balaban J connectivity index is 0.691. The van der Waals surface area contributed by atoms with Crippen molar-refractivity contribution in [2.45, 2.75) is 75.6 Å². The maximum absolute atomic E-state index is 15.2. The third-order valence-electron chi connectivity index (χ3n) is 12.5. The van der Waals surface area contributed by atoms with Crippen LogP contribution < -0.4 is 26.4 Å². The molecule has 5 aliphatic rings. The van der Waals surface area contributed by atoms with Crippen molar-refractivity contribution >= 4 is 35.2 Å². The van der Waals surface area contributed by atoms with Gasteiger partial charge in [0.2, 0.25) is 17.8 Å². The zero-order valence-corrected chi connectivity index (χ0v) is 32.6. The van der Waals surface area contributed by atoms with Crippen molar-refractivity contribution in [3.8, 4) is 16.9 Å². The molecule has 0 radical (unpaired) electrons. The molecule has 1 spiro atoms. The Bertz CT molecular complexity index is 2290. The fraction of sp³-hybridized carbons (Fsp3) is 0.442. The first-order valence-electron chi connectivity index (χ1n) is 20.5. The van der Waals surface area contributed by atoms with Crippen LogP contribution in [-0.4, -0.2) is 106 Å². The Kier molecular flexibility index (Phi) is 10.5. The zero-order chi connectivity index (χ0) is 40.7. The highest BCUT2D eigenvalue weighted by molar-refractivity contribution is 6.01. The smallest absolute Gasteiger partial charge is 0.410 e. The van der Waals surface area contributed by atoms with Crippen LogP contribution in [0, 0.1) is 17.0 Å². The molecule has 1 aliphatic carbocycles. The number of carbonyl (C=O) groups is 3. The molecule has 3 amide bonds. The van der Waals surface area contributed by atoms with Gasteiger partial charge in [0.05, 0.1) is 11.9 Å². The molecule has 2 aromatic carbocycles. The number of benzene rings is 2. The van der Waals surface area contributed by atoms with Crippen LogP contribution in [0.3, 0.4) is 0 Å². The minimum atomic E-state index is -0.563. The van der Waals surface area contributed by atoms with E-state index in [1.165, 1.54) is 16.7 Å². The summed E-state index contributed by atoms with van der Waals surface area (Å²) in [6.45, 7) is 4.76. The molecule has 4 aromatic rings. The molecular formula is C43H47F2N9O5. The first-order chi connectivity index (χ1) is 28.6. The van der Waals surface area contributed by atoms with Crippen molar-refractivity contribution in [1.29, 1.82) is 0 Å². The van der Waals surface area contributed by atoms with Crippen LogP contribution in [0.4, 0.5) is 30.9 Å². The lowest BCUT2D eigenvalue weighted by Crippen LogP contribution is -2.74. The van der Waals surface area contributed by atoms with Crippen molar-refractivity contribution in [2.24, 2.45) is 5.41 Å². The van der Waals surface area contributed by atoms with Crippen molar-refractivity contribution in [2.75, 3.05) is 54.8 Å². The lowest BCUT2D eigenvalue weighted by molar-refractivity contribution is -0.133. The molecule has 308 valence electrons. The second kappa shape index (κ2) is 16.0. The van der Waals surface area contributed by atoms with Gasteiger partial charge in [0.15, 0.2) is 5.82 Å². The predicted octanol–water partition coefficient (Wildman–Crippen LogP) is 4.94. The van der Waals surface area contributed by atoms with Crippen LogP contribution >= 0.6 is 0 Å². The van der Waals surface area contributed by atoms with Gasteiger partial charge in [-0.2, -0.15) is 0 Å². The van der Waals surface area contributed by atoms with Crippen molar-refractivity contribution in [3.05, 3.63) is 95.0 Å². The van der Waals surface area contributed by atoms with E-state index in [4.69, 9.17) is 4.74 Å². The summed E-state index contributed by atoms with van der Waals surface area (Å²) in [7, 11) is 0. The summed E-state index contributed by atoms with van der Waals surface area (Å²) in [4.78, 5) is 64.0. The molecule has 5 fully saturated rings. The monoisotopic (exact) mass is 807 g/mol. The lowest BCUT2D eigenvalue weighted by Gasteiger charge is -2.62. The summed E-state index contributed by atoms with van der Waals surface area (Å²) in [5.41, 5.74) is 2.26. The molecule has 59 heavy (non-hydrogen) atoms. The molecule has 0 bridgehead atoms. The molecule has 6 heterocycles. The van der Waals surface area contributed by atoms with Gasteiger partial charge in [-0.3, -0.25) is 29.2 Å². The summed E-state index contributed by atoms with van der Waals surface area (Å²) in [5, 5.41) is 8.70. The largest absolute Gasteiger partial charge is 0.446 e. The number of imide groups is 1. The number of nitrogens with one attached hydrogen (secondary N) is 3. The fourth-order valence-corrected chi connectivity index (χ4v) is 9.33. The number of ether oxygens (including phenoxy) is 1. The molecule has 14 nitrogen and oxygen atoms in total. The minimum Gasteiger partial charge on any atom is -0.446 e. The Labute approximate surface area is 339 Å². The molecule has 1 saturated carbocycles. The van der Waals surface area contributed by atoms with E-state index in [9.17, 15) is 23.6 Å². The first-order valence-corrected chi connectivity index (χ1v) is 20.5. The highest BCUT2D eigenvalue weighted by Crippen LogP contribution is 2.43. The summed E-state index contributed by atoms with van der Waals surface area (Å²) in [6.07, 6.45) is 7.77. The lowest BCUT2D eigenvalue weighted by atomic mass is 9.72. The van der Waals surface area contributed by atoms with Crippen LogP contribution in [0.5, 0.6) is 0 Å². The SMILES string of the molecule is O=C1CCC(Nc2ccc(N3CCC(N4CC5(CN(C(=O)OC6CCC(Nc7ncc(F)c(-c8cccc(-n9ccccc9=O)c8)n7)CC6)C5)C4)CC3)c(F)c2)C(=O)N1. The third-order valence-corrected chi connectivity index (χ3v) is 12.5. The zero-order valence-electron chi connectivity index (χ0n) is 32.6. The van der Waals surface area contributed by atoms with Gasteiger partial charge in [-0.15, -0.1) is 0 Å². The van der Waals surface area contributed by atoms with Gasteiger partial charge in [-0.05, 0) is 81.3 Å². The minimum absolute atomic E-state index is 0.0475. The second-order valence-electron chi connectivity index (χ2n) is 16.6. The average molecular weight is 808 g/mol. The van der Waals surface area contributed by atoms with E-state index in [-0.39, 0.29) is 59.0 Å². The molecule has 2 aromatic heterocycles. The highest BCUT2D eigenvalue weighted by Gasteiger charge is 2.55. The third kappa shape index (κ3) is 8.22.